The molecule has 1 heteroatoms. The van der Waals surface area contributed by atoms with Gasteiger partial charge in [0, 0.05) is 12.0 Å². The van der Waals surface area contributed by atoms with Crippen LogP contribution in [0.3, 0.4) is 0 Å². The van der Waals surface area contributed by atoms with Crippen molar-refractivity contribution < 1.29 is 4.79 Å². The van der Waals surface area contributed by atoms with Crippen molar-refractivity contribution in [2.45, 2.75) is 57.8 Å². The van der Waals surface area contributed by atoms with Gasteiger partial charge in [-0.05, 0) is 78.7 Å². The number of carbonyl (C=O) groups is 1. The highest BCUT2D eigenvalue weighted by molar-refractivity contribution is 6.14. The van der Waals surface area contributed by atoms with Crippen molar-refractivity contribution in [3.63, 3.8) is 0 Å². The van der Waals surface area contributed by atoms with Crippen LogP contribution < -0.4 is 0 Å². The Labute approximate surface area is 207 Å². The summed E-state index contributed by atoms with van der Waals surface area (Å²) in [4.78, 5) is 13.7. The molecule has 1 nitrogen and oxygen atoms in total. The van der Waals surface area contributed by atoms with Crippen molar-refractivity contribution >= 4 is 38.1 Å². The zero-order chi connectivity index (χ0) is 24.4. The summed E-state index contributed by atoms with van der Waals surface area (Å²) in [6.07, 6.45) is 2.76. The number of rotatable bonds is 3. The molecule has 0 aromatic heterocycles. The first-order valence-electron chi connectivity index (χ1n) is 12.8. The molecule has 0 unspecified atom stereocenters. The molecule has 1 aliphatic rings. The number of Topliss-reactive ketones (excluding diaryl/α,β-unsaturated/α-hetero) is 1. The summed E-state index contributed by atoms with van der Waals surface area (Å²) in [6.45, 7) is 9.52. The molecular weight excluding hydrogens is 424 g/mol. The number of ketones is 1. The second-order valence-corrected chi connectivity index (χ2v) is 11.6. The van der Waals surface area contributed by atoms with Crippen molar-refractivity contribution in [3.05, 3.63) is 107 Å². The van der Waals surface area contributed by atoms with Gasteiger partial charge in [-0.2, -0.15) is 0 Å². The Morgan fingerprint density at radius 1 is 0.657 bits per heavy atom. The topological polar surface area (TPSA) is 17.1 Å². The number of benzene rings is 5. The van der Waals surface area contributed by atoms with Crippen LogP contribution in [-0.2, 0) is 17.3 Å². The minimum absolute atomic E-state index is 0.101. The zero-order valence-electron chi connectivity index (χ0n) is 21.1. The van der Waals surface area contributed by atoms with E-state index in [1.807, 2.05) is 24.3 Å². The largest absolute Gasteiger partial charge is 0.294 e. The second-order valence-electron chi connectivity index (χ2n) is 11.6. The van der Waals surface area contributed by atoms with Gasteiger partial charge in [-0.15, -0.1) is 0 Å². The van der Waals surface area contributed by atoms with Gasteiger partial charge in [-0.25, -0.2) is 0 Å². The van der Waals surface area contributed by atoms with E-state index in [-0.39, 0.29) is 16.6 Å². The molecule has 0 aliphatic heterocycles. The van der Waals surface area contributed by atoms with Crippen molar-refractivity contribution in [3.8, 4) is 0 Å². The van der Waals surface area contributed by atoms with Crippen LogP contribution in [0.15, 0.2) is 84.9 Å². The Bertz CT molecular complexity index is 1630. The fourth-order valence-electron chi connectivity index (χ4n) is 6.32. The van der Waals surface area contributed by atoms with Gasteiger partial charge in [0.1, 0.15) is 0 Å². The van der Waals surface area contributed by atoms with Crippen LogP contribution >= 0.6 is 0 Å². The van der Waals surface area contributed by atoms with Crippen LogP contribution in [0.2, 0.25) is 0 Å². The Morgan fingerprint density at radius 3 is 2.09 bits per heavy atom. The highest BCUT2D eigenvalue weighted by Gasteiger charge is 2.38. The first-order valence-corrected chi connectivity index (χ1v) is 12.8. The molecule has 0 saturated carbocycles. The van der Waals surface area contributed by atoms with E-state index in [0.717, 1.165) is 21.9 Å². The third kappa shape index (κ3) is 3.48. The summed E-state index contributed by atoms with van der Waals surface area (Å²) in [5.41, 5.74) is 5.12. The van der Waals surface area contributed by atoms with E-state index in [1.54, 1.807) is 0 Å². The molecule has 0 amide bonds. The van der Waals surface area contributed by atoms with Crippen LogP contribution in [0.4, 0.5) is 0 Å². The molecule has 0 atom stereocenters. The van der Waals surface area contributed by atoms with E-state index in [9.17, 15) is 4.79 Å². The first-order chi connectivity index (χ1) is 16.8. The highest BCUT2D eigenvalue weighted by Crippen LogP contribution is 2.49. The maximum Gasteiger partial charge on any atom is 0.167 e. The van der Waals surface area contributed by atoms with Crippen LogP contribution in [0.5, 0.6) is 0 Å². The smallest absolute Gasteiger partial charge is 0.167 e. The molecule has 0 heterocycles. The van der Waals surface area contributed by atoms with Crippen molar-refractivity contribution in [1.29, 1.82) is 0 Å². The predicted octanol–water partition coefficient (Wildman–Crippen LogP) is 8.92. The minimum Gasteiger partial charge on any atom is -0.294 e. The van der Waals surface area contributed by atoms with Crippen LogP contribution in [-0.4, -0.2) is 5.78 Å². The molecule has 6 rings (SSSR count). The standard InChI is InChI=1S/C34H32O/c1-33(2)18-19-34(3,4)32-29-20-23(25-13-7-8-14-26(25)27(29)16-17-30(32)33)21-31(35)28-15-9-11-22-10-5-6-12-24(22)28/h5-17,20H,18-19,21H2,1-4H3. The SMILES string of the molecule is CC1(C)CCC(C)(C)c2c1ccc1c2cc(CC(=O)c2cccc3ccccc23)c2ccccc21. The molecule has 0 fully saturated rings. The summed E-state index contributed by atoms with van der Waals surface area (Å²) in [5.74, 6) is 0.177. The molecule has 1 aliphatic carbocycles. The van der Waals surface area contributed by atoms with Gasteiger partial charge in [-0.1, -0.05) is 107 Å². The third-order valence-corrected chi connectivity index (χ3v) is 8.35. The summed E-state index contributed by atoms with van der Waals surface area (Å²) in [7, 11) is 0. The van der Waals surface area contributed by atoms with Crippen molar-refractivity contribution in [2.75, 3.05) is 0 Å². The molecule has 0 N–H and O–H groups in total. The van der Waals surface area contributed by atoms with Gasteiger partial charge in [0.25, 0.3) is 0 Å². The Kier molecular flexibility index (Phi) is 4.90. The lowest BCUT2D eigenvalue weighted by Gasteiger charge is -2.42. The molecule has 0 radical (unpaired) electrons. The third-order valence-electron chi connectivity index (χ3n) is 8.35. The first kappa shape index (κ1) is 22.0. The molecule has 0 bridgehead atoms. The summed E-state index contributed by atoms with van der Waals surface area (Å²) in [6, 6.07) is 29.8. The minimum atomic E-state index is 0.101. The van der Waals surface area contributed by atoms with Gasteiger partial charge >= 0.3 is 0 Å². The maximum absolute atomic E-state index is 13.7. The van der Waals surface area contributed by atoms with Crippen LogP contribution in [0.1, 0.15) is 67.6 Å². The average Bonchev–Trinajstić information content (AvgIpc) is 2.86. The van der Waals surface area contributed by atoms with Crippen molar-refractivity contribution in [1.82, 2.24) is 0 Å². The number of hydrogen-bond donors (Lipinski definition) is 0. The van der Waals surface area contributed by atoms with E-state index >= 15 is 0 Å². The van der Waals surface area contributed by atoms with Gasteiger partial charge in [-0.3, -0.25) is 4.79 Å². The fourth-order valence-corrected chi connectivity index (χ4v) is 6.32. The zero-order valence-corrected chi connectivity index (χ0v) is 21.1. The normalized spacial score (nSPS) is 16.5. The Balaban J connectivity index is 1.59. The van der Waals surface area contributed by atoms with Gasteiger partial charge in [0.15, 0.2) is 5.78 Å². The van der Waals surface area contributed by atoms with Crippen LogP contribution in [0.25, 0.3) is 32.3 Å². The molecule has 0 spiro atoms. The quantitative estimate of drug-likeness (QED) is 0.196. The number of hydrogen-bond acceptors (Lipinski definition) is 1. The van der Waals surface area contributed by atoms with Crippen LogP contribution in [0, 0.1) is 0 Å². The van der Waals surface area contributed by atoms with Gasteiger partial charge < -0.3 is 0 Å². The Hall–Kier alpha value is -3.45. The number of fused-ring (bicyclic) bond motifs is 6. The van der Waals surface area contributed by atoms with E-state index in [0.29, 0.717) is 6.42 Å². The monoisotopic (exact) mass is 456 g/mol. The maximum atomic E-state index is 13.7. The van der Waals surface area contributed by atoms with Crippen molar-refractivity contribution in [2.24, 2.45) is 0 Å². The lowest BCUT2D eigenvalue weighted by molar-refractivity contribution is 0.0995. The van der Waals surface area contributed by atoms with E-state index in [2.05, 4.69) is 88.4 Å². The molecule has 5 aromatic rings. The fraction of sp³-hybridized carbons (Fsp3) is 0.265. The highest BCUT2D eigenvalue weighted by atomic mass is 16.1. The molecule has 174 valence electrons. The Morgan fingerprint density at radius 2 is 1.29 bits per heavy atom. The average molecular weight is 457 g/mol. The molecule has 0 saturated heterocycles. The molecule has 35 heavy (non-hydrogen) atoms. The van der Waals surface area contributed by atoms with Gasteiger partial charge in [0.2, 0.25) is 0 Å². The lowest BCUT2D eigenvalue weighted by atomic mass is 9.62. The lowest BCUT2D eigenvalue weighted by Crippen LogP contribution is -2.34. The molecule has 5 aromatic carbocycles. The summed E-state index contributed by atoms with van der Waals surface area (Å²) in [5, 5.41) is 7.19. The summed E-state index contributed by atoms with van der Waals surface area (Å²) >= 11 is 0. The molecular formula is C34H32O. The van der Waals surface area contributed by atoms with E-state index in [1.165, 1.54) is 45.5 Å². The van der Waals surface area contributed by atoms with Gasteiger partial charge in [0.05, 0.1) is 0 Å². The predicted molar refractivity (Wildman–Crippen MR) is 149 cm³/mol. The van der Waals surface area contributed by atoms with E-state index in [4.69, 9.17) is 0 Å². The second kappa shape index (κ2) is 7.78. The summed E-state index contributed by atoms with van der Waals surface area (Å²) < 4.78 is 0. The number of carbonyl (C=O) groups excluding carboxylic acids is 1. The van der Waals surface area contributed by atoms with E-state index < -0.39 is 0 Å².